The molecule has 5 heteroatoms. The maximum Gasteiger partial charge on any atom is 0.0729 e. The Morgan fingerprint density at radius 1 is 1.82 bits per heavy atom. The fourth-order valence-corrected chi connectivity index (χ4v) is 0.956. The Hall–Kier alpha value is -0.940. The summed E-state index contributed by atoms with van der Waals surface area (Å²) in [5, 5.41) is 16.3. The van der Waals surface area contributed by atoms with Gasteiger partial charge in [0.1, 0.15) is 0 Å². The van der Waals surface area contributed by atoms with E-state index in [1.54, 1.807) is 17.9 Å². The zero-order valence-corrected chi connectivity index (χ0v) is 6.44. The first-order valence-electron chi connectivity index (χ1n) is 3.45. The van der Waals surface area contributed by atoms with Crippen molar-refractivity contribution in [1.82, 2.24) is 15.0 Å². The van der Waals surface area contributed by atoms with Crippen molar-refractivity contribution in [3.63, 3.8) is 0 Å². The van der Waals surface area contributed by atoms with Crippen LogP contribution in [0.1, 0.15) is 11.6 Å². The average molecular weight is 156 g/mol. The largest absolute Gasteiger partial charge is 0.396 e. The van der Waals surface area contributed by atoms with Crippen molar-refractivity contribution in [2.45, 2.75) is 5.92 Å². The highest BCUT2D eigenvalue weighted by molar-refractivity contribution is 5.03. The monoisotopic (exact) mass is 156 g/mol. The van der Waals surface area contributed by atoms with Gasteiger partial charge in [0, 0.05) is 19.5 Å². The molecule has 0 aliphatic carbocycles. The SMILES string of the molecule is Cn1nncc1C(CN)CO. The predicted octanol–water partition coefficient (Wildman–Crippen LogP) is -1.15. The molecule has 3 N–H and O–H groups in total. The van der Waals surface area contributed by atoms with Gasteiger partial charge in [-0.05, 0) is 0 Å². The number of aromatic nitrogens is 3. The number of hydrogen-bond donors (Lipinski definition) is 2. The molecule has 0 aliphatic rings. The van der Waals surface area contributed by atoms with Crippen LogP contribution in [0.4, 0.5) is 0 Å². The van der Waals surface area contributed by atoms with E-state index in [2.05, 4.69) is 10.3 Å². The van der Waals surface area contributed by atoms with Gasteiger partial charge in [-0.3, -0.25) is 4.68 Å². The minimum atomic E-state index is -0.0463. The summed E-state index contributed by atoms with van der Waals surface area (Å²) in [4.78, 5) is 0. The molecule has 0 radical (unpaired) electrons. The molecule has 1 atom stereocenters. The summed E-state index contributed by atoms with van der Waals surface area (Å²) >= 11 is 0. The average Bonchev–Trinajstić information content (AvgIpc) is 2.40. The lowest BCUT2D eigenvalue weighted by atomic mass is 10.1. The van der Waals surface area contributed by atoms with Crippen LogP contribution in [-0.4, -0.2) is 33.3 Å². The van der Waals surface area contributed by atoms with E-state index < -0.39 is 0 Å². The number of nitrogens with zero attached hydrogens (tertiary/aromatic N) is 3. The molecule has 1 rings (SSSR count). The third kappa shape index (κ3) is 1.55. The molecular formula is C6H12N4O. The Morgan fingerprint density at radius 3 is 2.91 bits per heavy atom. The van der Waals surface area contributed by atoms with Gasteiger partial charge in [0.15, 0.2) is 0 Å². The summed E-state index contributed by atoms with van der Waals surface area (Å²) in [6.45, 7) is 0.454. The van der Waals surface area contributed by atoms with Gasteiger partial charge in [0.05, 0.1) is 18.5 Å². The van der Waals surface area contributed by atoms with Crippen molar-refractivity contribution in [3.05, 3.63) is 11.9 Å². The maximum atomic E-state index is 8.87. The summed E-state index contributed by atoms with van der Waals surface area (Å²) in [5.74, 6) is -0.0463. The molecule has 1 unspecified atom stereocenters. The van der Waals surface area contributed by atoms with Crippen LogP contribution in [0.5, 0.6) is 0 Å². The minimum absolute atomic E-state index is 0.0394. The third-order valence-electron chi connectivity index (χ3n) is 1.67. The second-order valence-electron chi connectivity index (χ2n) is 2.40. The molecule has 0 aliphatic heterocycles. The quantitative estimate of drug-likeness (QED) is 0.579. The molecule has 0 amide bonds. The van der Waals surface area contributed by atoms with E-state index in [1.165, 1.54) is 0 Å². The van der Waals surface area contributed by atoms with E-state index in [0.29, 0.717) is 6.54 Å². The van der Waals surface area contributed by atoms with Crippen LogP contribution in [0, 0.1) is 0 Å². The van der Waals surface area contributed by atoms with Gasteiger partial charge in [0.25, 0.3) is 0 Å². The molecule has 0 bridgehead atoms. The standard InChI is InChI=1S/C6H12N4O/c1-10-6(3-8-9-10)5(2-7)4-11/h3,5,11H,2,4,7H2,1H3. The van der Waals surface area contributed by atoms with E-state index in [4.69, 9.17) is 10.8 Å². The number of rotatable bonds is 3. The smallest absolute Gasteiger partial charge is 0.0729 e. The molecule has 0 fully saturated rings. The lowest BCUT2D eigenvalue weighted by Crippen LogP contribution is -2.18. The maximum absolute atomic E-state index is 8.87. The molecule has 1 heterocycles. The van der Waals surface area contributed by atoms with Gasteiger partial charge in [-0.1, -0.05) is 5.21 Å². The van der Waals surface area contributed by atoms with Crippen LogP contribution < -0.4 is 5.73 Å². The predicted molar refractivity (Wildman–Crippen MR) is 39.9 cm³/mol. The first-order chi connectivity index (χ1) is 5.29. The normalized spacial score (nSPS) is 13.4. The van der Waals surface area contributed by atoms with Crippen LogP contribution in [0.25, 0.3) is 0 Å². The first kappa shape index (κ1) is 8.16. The van der Waals surface area contributed by atoms with Crippen molar-refractivity contribution in [2.24, 2.45) is 12.8 Å². The van der Waals surface area contributed by atoms with Gasteiger partial charge in [-0.15, -0.1) is 5.10 Å². The number of aryl methyl sites for hydroxylation is 1. The fourth-order valence-electron chi connectivity index (χ4n) is 0.956. The molecular weight excluding hydrogens is 144 g/mol. The zero-order valence-electron chi connectivity index (χ0n) is 6.44. The molecule has 11 heavy (non-hydrogen) atoms. The second kappa shape index (κ2) is 3.45. The van der Waals surface area contributed by atoms with E-state index in [-0.39, 0.29) is 12.5 Å². The van der Waals surface area contributed by atoms with Gasteiger partial charge in [-0.2, -0.15) is 0 Å². The Bertz CT molecular complexity index is 218. The molecule has 0 spiro atoms. The van der Waals surface area contributed by atoms with Crippen molar-refractivity contribution in [1.29, 1.82) is 0 Å². The van der Waals surface area contributed by atoms with Crippen LogP contribution in [0.3, 0.4) is 0 Å². The topological polar surface area (TPSA) is 77.0 Å². The molecule has 0 aromatic carbocycles. The summed E-state index contributed by atoms with van der Waals surface area (Å²) in [6, 6.07) is 0. The number of hydrogen-bond acceptors (Lipinski definition) is 4. The summed E-state index contributed by atoms with van der Waals surface area (Å²) < 4.78 is 1.62. The third-order valence-corrected chi connectivity index (χ3v) is 1.67. The van der Waals surface area contributed by atoms with E-state index in [9.17, 15) is 0 Å². The Kier molecular flexibility index (Phi) is 2.56. The van der Waals surface area contributed by atoms with Gasteiger partial charge >= 0.3 is 0 Å². The van der Waals surface area contributed by atoms with Gasteiger partial charge in [-0.25, -0.2) is 0 Å². The second-order valence-corrected chi connectivity index (χ2v) is 2.40. The lowest BCUT2D eigenvalue weighted by Gasteiger charge is -2.09. The van der Waals surface area contributed by atoms with Crippen molar-refractivity contribution < 1.29 is 5.11 Å². The number of nitrogens with two attached hydrogens (primary N) is 1. The van der Waals surface area contributed by atoms with Crippen LogP contribution in [-0.2, 0) is 7.05 Å². The molecule has 5 nitrogen and oxygen atoms in total. The molecule has 62 valence electrons. The highest BCUT2D eigenvalue weighted by Gasteiger charge is 2.11. The van der Waals surface area contributed by atoms with Crippen molar-refractivity contribution in [2.75, 3.05) is 13.2 Å². The molecule has 1 aromatic rings. The van der Waals surface area contributed by atoms with Crippen molar-refractivity contribution >= 4 is 0 Å². The van der Waals surface area contributed by atoms with Crippen molar-refractivity contribution in [3.8, 4) is 0 Å². The van der Waals surface area contributed by atoms with E-state index in [0.717, 1.165) is 5.69 Å². The highest BCUT2D eigenvalue weighted by Crippen LogP contribution is 2.09. The Balaban J connectivity index is 2.81. The van der Waals surface area contributed by atoms with E-state index in [1.807, 2.05) is 0 Å². The number of aliphatic hydroxyl groups excluding tert-OH is 1. The fraction of sp³-hybridized carbons (Fsp3) is 0.667. The highest BCUT2D eigenvalue weighted by atomic mass is 16.3. The van der Waals surface area contributed by atoms with Crippen LogP contribution in [0.2, 0.25) is 0 Å². The number of aliphatic hydroxyl groups is 1. The summed E-state index contributed by atoms with van der Waals surface area (Å²) in [6.07, 6.45) is 1.62. The summed E-state index contributed by atoms with van der Waals surface area (Å²) in [5.41, 5.74) is 6.28. The minimum Gasteiger partial charge on any atom is -0.396 e. The van der Waals surface area contributed by atoms with Crippen LogP contribution >= 0.6 is 0 Å². The van der Waals surface area contributed by atoms with Gasteiger partial charge < -0.3 is 10.8 Å². The summed E-state index contributed by atoms with van der Waals surface area (Å²) in [7, 11) is 1.78. The first-order valence-corrected chi connectivity index (χ1v) is 3.45. The molecule has 0 saturated carbocycles. The molecule has 1 aromatic heterocycles. The lowest BCUT2D eigenvalue weighted by molar-refractivity contribution is 0.263. The Morgan fingerprint density at radius 2 is 2.55 bits per heavy atom. The van der Waals surface area contributed by atoms with E-state index >= 15 is 0 Å². The zero-order chi connectivity index (χ0) is 8.27. The van der Waals surface area contributed by atoms with Crippen LogP contribution in [0.15, 0.2) is 6.20 Å². The molecule has 0 saturated heterocycles. The van der Waals surface area contributed by atoms with Gasteiger partial charge in [0.2, 0.25) is 0 Å². The Labute approximate surface area is 64.8 Å².